The van der Waals surface area contributed by atoms with E-state index in [2.05, 4.69) is 20.1 Å². The first-order valence-corrected chi connectivity index (χ1v) is 6.35. The minimum absolute atomic E-state index is 0. The van der Waals surface area contributed by atoms with Crippen molar-refractivity contribution in [2.24, 2.45) is 5.41 Å². The number of aliphatic carboxylic acids is 1. The van der Waals surface area contributed by atoms with Gasteiger partial charge in [-0.05, 0) is 25.7 Å². The number of hydrogen-bond acceptors (Lipinski definition) is 3. The van der Waals surface area contributed by atoms with Crippen molar-refractivity contribution >= 4 is 28.9 Å². The number of ether oxygens (including phenoxy) is 1. The fourth-order valence-electron chi connectivity index (χ4n) is 1.27. The molecule has 0 aliphatic rings. The van der Waals surface area contributed by atoms with Crippen LogP contribution in [0.3, 0.4) is 0 Å². The summed E-state index contributed by atoms with van der Waals surface area (Å²) in [4.78, 5) is 20.9. The van der Waals surface area contributed by atoms with Crippen LogP contribution in [-0.2, 0) is 14.3 Å². The topological polar surface area (TPSA) is 63.6 Å². The van der Waals surface area contributed by atoms with Crippen molar-refractivity contribution in [1.29, 1.82) is 0 Å². The summed E-state index contributed by atoms with van der Waals surface area (Å²) in [6.07, 6.45) is 2.01. The minimum atomic E-state index is -0.935. The smallest absolute Gasteiger partial charge is 0.333 e. The lowest BCUT2D eigenvalue weighted by Crippen LogP contribution is -2.22. The third-order valence-electron chi connectivity index (χ3n) is 2.58. The van der Waals surface area contributed by atoms with E-state index >= 15 is 0 Å². The summed E-state index contributed by atoms with van der Waals surface area (Å²) in [5.41, 5.74) is 0.618. The molecule has 118 valence electrons. The predicted octanol–water partition coefficient (Wildman–Crippen LogP) is 4.16. The van der Waals surface area contributed by atoms with Crippen LogP contribution in [0.15, 0.2) is 24.3 Å². The zero-order valence-corrected chi connectivity index (χ0v) is 14.8. The van der Waals surface area contributed by atoms with E-state index in [0.717, 1.165) is 12.8 Å². The Morgan fingerprint density at radius 1 is 1.20 bits per heavy atom. The molecule has 5 heteroatoms. The molecule has 0 bridgehead atoms. The maximum Gasteiger partial charge on any atom is 0.333 e. The molecule has 0 rings (SSSR count). The molecule has 0 spiro atoms. The summed E-state index contributed by atoms with van der Waals surface area (Å²) in [5, 5.41) is 7.89. The molecule has 0 radical (unpaired) electrons. The highest BCUT2D eigenvalue weighted by Gasteiger charge is 2.26. The van der Waals surface area contributed by atoms with E-state index in [4.69, 9.17) is 9.84 Å². The number of carboxylic acid groups (broad SMARTS) is 1. The molecule has 20 heavy (non-hydrogen) atoms. The van der Waals surface area contributed by atoms with Crippen LogP contribution in [0.25, 0.3) is 0 Å². The van der Waals surface area contributed by atoms with Crippen molar-refractivity contribution in [3.63, 3.8) is 0 Å². The zero-order chi connectivity index (χ0) is 15.6. The molecule has 0 aliphatic heterocycles. The van der Waals surface area contributed by atoms with Gasteiger partial charge in [-0.2, -0.15) is 0 Å². The summed E-state index contributed by atoms with van der Waals surface area (Å²) in [6, 6.07) is 0. The molecule has 0 saturated heterocycles. The monoisotopic (exact) mass is 350 g/mol. The number of halogens is 1. The lowest BCUT2D eigenvalue weighted by Gasteiger charge is -2.25. The Hall–Kier alpha value is -1.10. The van der Waals surface area contributed by atoms with Crippen LogP contribution in [0.2, 0.25) is 0 Å². The molecule has 0 atom stereocenters. The average Bonchev–Trinajstić information content (AvgIpc) is 2.28. The number of hydrogen-bond donors (Lipinski definition) is 1. The van der Waals surface area contributed by atoms with E-state index in [1.807, 2.05) is 13.8 Å². The third-order valence-corrected chi connectivity index (χ3v) is 2.58. The molecule has 0 fully saturated rings. The highest BCUT2D eigenvalue weighted by Crippen LogP contribution is 2.30. The molecule has 0 aromatic heterocycles. The summed E-state index contributed by atoms with van der Waals surface area (Å²) in [7, 11) is 0. The Morgan fingerprint density at radius 3 is 1.85 bits per heavy atom. The molecule has 0 aromatic carbocycles. The van der Waals surface area contributed by atoms with Crippen LogP contribution >= 0.6 is 17.0 Å². The van der Waals surface area contributed by atoms with Crippen LogP contribution < -0.4 is 0 Å². The van der Waals surface area contributed by atoms with Crippen molar-refractivity contribution in [2.75, 3.05) is 6.61 Å². The molecular formula is C15H27BrO4. The molecule has 0 aliphatic carbocycles. The molecule has 0 heterocycles. The van der Waals surface area contributed by atoms with Gasteiger partial charge in [0.05, 0.1) is 6.61 Å². The Morgan fingerprint density at radius 2 is 1.60 bits per heavy atom. The minimum Gasteiger partial charge on any atom is -0.478 e. The lowest BCUT2D eigenvalue weighted by molar-refractivity contribution is -0.139. The van der Waals surface area contributed by atoms with Gasteiger partial charge in [-0.1, -0.05) is 40.3 Å². The summed E-state index contributed by atoms with van der Waals surface area (Å²) < 4.78 is 4.90. The van der Waals surface area contributed by atoms with Gasteiger partial charge in [-0.15, -0.1) is 17.0 Å². The third kappa shape index (κ3) is 10.8. The van der Waals surface area contributed by atoms with Gasteiger partial charge < -0.3 is 9.84 Å². The van der Waals surface area contributed by atoms with Gasteiger partial charge in [-0.25, -0.2) is 9.59 Å². The van der Waals surface area contributed by atoms with Crippen molar-refractivity contribution < 1.29 is 19.4 Å². The quantitative estimate of drug-likeness (QED) is 0.577. The van der Waals surface area contributed by atoms with Crippen molar-refractivity contribution in [3.05, 3.63) is 24.3 Å². The Balaban J connectivity index is -0.000000352. The van der Waals surface area contributed by atoms with E-state index in [1.54, 1.807) is 6.92 Å². The lowest BCUT2D eigenvalue weighted by atomic mass is 9.81. The summed E-state index contributed by atoms with van der Waals surface area (Å²) in [6.45, 7) is 16.8. The zero-order valence-electron chi connectivity index (χ0n) is 13.1. The molecule has 0 amide bonds. The first-order valence-electron chi connectivity index (χ1n) is 6.35. The first-order chi connectivity index (χ1) is 8.60. The molecule has 0 saturated carbocycles. The second-order valence-electron chi connectivity index (χ2n) is 4.92. The van der Waals surface area contributed by atoms with E-state index < -0.39 is 5.97 Å². The Labute approximate surface area is 132 Å². The Kier molecular flexibility index (Phi) is 14.0. The fourth-order valence-corrected chi connectivity index (χ4v) is 1.27. The van der Waals surface area contributed by atoms with Gasteiger partial charge in [0.1, 0.15) is 0 Å². The van der Waals surface area contributed by atoms with Gasteiger partial charge in [0, 0.05) is 11.1 Å². The van der Waals surface area contributed by atoms with Gasteiger partial charge in [-0.3, -0.25) is 0 Å². The number of carboxylic acids is 1. The molecule has 0 unspecified atom stereocenters. The number of esters is 1. The van der Waals surface area contributed by atoms with E-state index in [-0.39, 0.29) is 33.9 Å². The number of carbonyl (C=O) groups excluding carboxylic acids is 1. The molecule has 4 nitrogen and oxygen atoms in total. The highest BCUT2D eigenvalue weighted by atomic mass is 79.9. The number of carbonyl (C=O) groups is 2. The van der Waals surface area contributed by atoms with Crippen LogP contribution in [0.4, 0.5) is 0 Å². The normalized spacial score (nSPS) is 9.45. The first kappa shape index (κ1) is 24.0. The average molecular weight is 351 g/mol. The molecule has 0 aromatic rings. The van der Waals surface area contributed by atoms with E-state index in [9.17, 15) is 9.59 Å². The van der Waals surface area contributed by atoms with Crippen molar-refractivity contribution in [1.82, 2.24) is 0 Å². The highest BCUT2D eigenvalue weighted by molar-refractivity contribution is 8.93. The van der Waals surface area contributed by atoms with E-state index in [0.29, 0.717) is 12.2 Å². The van der Waals surface area contributed by atoms with Crippen LogP contribution in [-0.4, -0.2) is 23.7 Å². The second kappa shape index (κ2) is 11.7. The standard InChI is InChI=1S/C11H20O2.C4H6O2.BrH/c1-6-8-11(4,5)9(3)10(12)13-7-2;1-3(2)4(5)6;/h3,6-8H2,1-2,4-5H3;1H2,2H3,(H,5,6);1H. The van der Waals surface area contributed by atoms with Gasteiger partial charge in [0.2, 0.25) is 0 Å². The van der Waals surface area contributed by atoms with Crippen LogP contribution in [0.1, 0.15) is 47.5 Å². The van der Waals surface area contributed by atoms with Crippen LogP contribution in [0, 0.1) is 5.41 Å². The van der Waals surface area contributed by atoms with Crippen molar-refractivity contribution in [3.8, 4) is 0 Å². The molecular weight excluding hydrogens is 324 g/mol. The number of rotatable bonds is 6. The predicted molar refractivity (Wildman–Crippen MR) is 87.2 cm³/mol. The van der Waals surface area contributed by atoms with Crippen LogP contribution in [0.5, 0.6) is 0 Å². The summed E-state index contributed by atoms with van der Waals surface area (Å²) >= 11 is 0. The van der Waals surface area contributed by atoms with Gasteiger partial charge in [0.15, 0.2) is 0 Å². The van der Waals surface area contributed by atoms with Gasteiger partial charge >= 0.3 is 11.9 Å². The fraction of sp³-hybridized carbons (Fsp3) is 0.600. The maximum absolute atomic E-state index is 11.3. The largest absolute Gasteiger partial charge is 0.478 e. The van der Waals surface area contributed by atoms with Gasteiger partial charge in [0.25, 0.3) is 0 Å². The SMILES string of the molecule is Br.C=C(C(=O)OCC)C(C)(C)CCC.C=C(C)C(=O)O. The van der Waals surface area contributed by atoms with Crippen molar-refractivity contribution in [2.45, 2.75) is 47.5 Å². The summed E-state index contributed by atoms with van der Waals surface area (Å²) in [5.74, 6) is -1.20. The van der Waals surface area contributed by atoms with E-state index in [1.165, 1.54) is 6.92 Å². The second-order valence-corrected chi connectivity index (χ2v) is 4.92. The molecule has 1 N–H and O–H groups in total. The Bertz CT molecular complexity index is 334. The maximum atomic E-state index is 11.3.